The van der Waals surface area contributed by atoms with E-state index in [1.807, 2.05) is 0 Å². The molecule has 2 aromatic carbocycles. The van der Waals surface area contributed by atoms with Gasteiger partial charge >= 0.3 is 18.3 Å². The van der Waals surface area contributed by atoms with Crippen LogP contribution in [0.5, 0.6) is 0 Å². The Balaban J connectivity index is 2.66. The van der Waals surface area contributed by atoms with E-state index >= 15 is 0 Å². The number of carboxylic acid groups (broad SMARTS) is 1. The van der Waals surface area contributed by atoms with Crippen LogP contribution in [0.15, 0.2) is 46.7 Å². The third kappa shape index (κ3) is 6.29. The van der Waals surface area contributed by atoms with Crippen LogP contribution in [-0.4, -0.2) is 17.0 Å². The summed E-state index contributed by atoms with van der Waals surface area (Å²) in [6.07, 6.45) is -11.3. The highest BCUT2D eigenvalue weighted by Gasteiger charge is 2.33. The Morgan fingerprint density at radius 3 is 1.91 bits per heavy atom. The normalized spacial score (nSPS) is 11.6. The Morgan fingerprint density at radius 1 is 0.882 bits per heavy atom. The first kappa shape index (κ1) is 25.8. The van der Waals surface area contributed by atoms with Crippen LogP contribution in [0.3, 0.4) is 0 Å². The zero-order valence-corrected chi connectivity index (χ0v) is 16.6. The fourth-order valence-electron chi connectivity index (χ4n) is 2.51. The van der Waals surface area contributed by atoms with Crippen molar-refractivity contribution in [1.82, 2.24) is 0 Å². The second-order valence-electron chi connectivity index (χ2n) is 6.47. The molecule has 0 fully saturated rings. The van der Waals surface area contributed by atoms with E-state index in [0.29, 0.717) is 24.3 Å². The summed E-state index contributed by atoms with van der Waals surface area (Å²) in [6, 6.07) is 6.57. The molecule has 0 spiro atoms. The molecule has 0 saturated heterocycles. The maximum Gasteiger partial charge on any atom is 0.416 e. The molecule has 0 unspecified atom stereocenters. The number of alkyl halides is 6. The molecule has 1 amide bonds. The third-order valence-electron chi connectivity index (χ3n) is 4.15. The predicted molar refractivity (Wildman–Crippen MR) is 101 cm³/mol. The van der Waals surface area contributed by atoms with Crippen LogP contribution in [0.4, 0.5) is 37.7 Å². The number of amides is 1. The first-order valence-electron chi connectivity index (χ1n) is 8.97. The van der Waals surface area contributed by atoms with Crippen LogP contribution in [-0.2, 0) is 21.9 Å². The number of halogens is 6. The van der Waals surface area contributed by atoms with E-state index in [2.05, 4.69) is 10.3 Å². The van der Waals surface area contributed by atoms with Crippen molar-refractivity contribution in [1.29, 1.82) is 10.5 Å². The van der Waals surface area contributed by atoms with E-state index in [1.54, 1.807) is 12.1 Å². The summed E-state index contributed by atoms with van der Waals surface area (Å²) in [5.41, 5.74) is -4.80. The average Bonchev–Trinajstić information content (AvgIpc) is 2.76. The van der Waals surface area contributed by atoms with Gasteiger partial charge in [0.1, 0.15) is 17.8 Å². The number of carbonyl (C=O) groups excluding carboxylic acids is 1. The summed E-state index contributed by atoms with van der Waals surface area (Å²) in [7, 11) is 0. The highest BCUT2D eigenvalue weighted by molar-refractivity contribution is 5.95. The minimum absolute atomic E-state index is 0.179. The van der Waals surface area contributed by atoms with Crippen molar-refractivity contribution in [3.05, 3.63) is 58.7 Å². The molecular weight excluding hydrogens is 472 g/mol. The van der Waals surface area contributed by atoms with Gasteiger partial charge in [0.25, 0.3) is 0 Å². The van der Waals surface area contributed by atoms with Gasteiger partial charge < -0.3 is 5.11 Å². The Morgan fingerprint density at radius 2 is 1.41 bits per heavy atom. The molecule has 0 aromatic heterocycles. The molecule has 34 heavy (non-hydrogen) atoms. The second kappa shape index (κ2) is 9.99. The standard InChI is InChI=1S/C20H11F6N5O3/c21-19(22,23)13-3-1-11(9-27)15(7-13)29-30-31(17(32)5-6-18(33)34)16-8-14(20(24,25)26)4-2-12(16)10-28/h1-4,7-8H,5-6H2,(H,33,34)/b30-29+. The van der Waals surface area contributed by atoms with Crippen molar-refractivity contribution in [2.75, 3.05) is 5.01 Å². The van der Waals surface area contributed by atoms with E-state index in [4.69, 9.17) is 10.4 Å². The van der Waals surface area contributed by atoms with Gasteiger partial charge in [-0.05, 0) is 36.4 Å². The molecular formula is C20H11F6N5O3. The van der Waals surface area contributed by atoms with E-state index in [9.17, 15) is 41.2 Å². The van der Waals surface area contributed by atoms with Crippen LogP contribution in [0.1, 0.15) is 35.1 Å². The van der Waals surface area contributed by atoms with Crippen LogP contribution >= 0.6 is 0 Å². The molecule has 0 bridgehead atoms. The molecule has 2 aromatic rings. The highest BCUT2D eigenvalue weighted by Crippen LogP contribution is 2.35. The largest absolute Gasteiger partial charge is 0.481 e. The fraction of sp³-hybridized carbons (Fsp3) is 0.200. The minimum Gasteiger partial charge on any atom is -0.481 e. The highest BCUT2D eigenvalue weighted by atomic mass is 19.4. The number of nitrogens with zero attached hydrogens (tertiary/aromatic N) is 5. The molecule has 0 atom stereocenters. The molecule has 0 heterocycles. The van der Waals surface area contributed by atoms with Crippen molar-refractivity contribution >= 4 is 23.3 Å². The van der Waals surface area contributed by atoms with Crippen LogP contribution in [0.25, 0.3) is 0 Å². The number of anilines is 1. The molecule has 0 aliphatic heterocycles. The number of hydrogen-bond donors (Lipinski definition) is 1. The van der Waals surface area contributed by atoms with Crippen molar-refractivity contribution in [2.24, 2.45) is 10.3 Å². The maximum absolute atomic E-state index is 13.2. The summed E-state index contributed by atoms with van der Waals surface area (Å²) in [6.45, 7) is 0. The second-order valence-corrected chi connectivity index (χ2v) is 6.47. The van der Waals surface area contributed by atoms with Gasteiger partial charge in [0.2, 0.25) is 5.91 Å². The van der Waals surface area contributed by atoms with Crippen LogP contribution in [0.2, 0.25) is 0 Å². The summed E-state index contributed by atoms with van der Waals surface area (Å²) in [5.74, 6) is -2.65. The number of carboxylic acids is 1. The monoisotopic (exact) mass is 483 g/mol. The van der Waals surface area contributed by atoms with Crippen molar-refractivity contribution < 1.29 is 41.0 Å². The lowest BCUT2D eigenvalue weighted by Crippen LogP contribution is -2.26. The predicted octanol–water partition coefficient (Wildman–Crippen LogP) is 5.36. The first-order valence-corrected chi connectivity index (χ1v) is 8.97. The molecule has 0 aliphatic rings. The number of benzene rings is 2. The van der Waals surface area contributed by atoms with Gasteiger partial charge in [-0.25, -0.2) is 0 Å². The third-order valence-corrected chi connectivity index (χ3v) is 4.15. The van der Waals surface area contributed by atoms with Crippen LogP contribution in [0, 0.1) is 22.7 Å². The van der Waals surface area contributed by atoms with Gasteiger partial charge in [-0.1, -0.05) is 5.22 Å². The number of rotatable bonds is 6. The summed E-state index contributed by atoms with van der Waals surface area (Å²) in [4.78, 5) is 23.3. The van der Waals surface area contributed by atoms with Gasteiger partial charge in [0.15, 0.2) is 0 Å². The van der Waals surface area contributed by atoms with Gasteiger partial charge in [-0.3, -0.25) is 9.59 Å². The Labute approximate surface area is 186 Å². The molecule has 0 saturated carbocycles. The lowest BCUT2D eigenvalue weighted by Gasteiger charge is -2.18. The van der Waals surface area contributed by atoms with Gasteiger partial charge in [-0.15, -0.1) is 5.11 Å². The van der Waals surface area contributed by atoms with Gasteiger partial charge in [-0.2, -0.15) is 41.9 Å². The molecule has 14 heteroatoms. The maximum atomic E-state index is 13.2. The minimum atomic E-state index is -4.90. The Hall–Kier alpha value is -4.46. The molecule has 0 aliphatic carbocycles. The number of nitriles is 2. The van der Waals surface area contributed by atoms with Gasteiger partial charge in [0.05, 0.1) is 34.4 Å². The van der Waals surface area contributed by atoms with E-state index in [0.717, 1.165) is 12.1 Å². The van der Waals surface area contributed by atoms with E-state index in [-0.39, 0.29) is 5.01 Å². The van der Waals surface area contributed by atoms with Crippen molar-refractivity contribution in [3.8, 4) is 12.1 Å². The van der Waals surface area contributed by atoms with Crippen molar-refractivity contribution in [2.45, 2.75) is 25.2 Å². The quantitative estimate of drug-likeness (QED) is 0.336. The molecule has 2 rings (SSSR count). The lowest BCUT2D eigenvalue weighted by atomic mass is 10.1. The lowest BCUT2D eigenvalue weighted by molar-refractivity contribution is -0.138. The topological polar surface area (TPSA) is 130 Å². The molecule has 1 N–H and O–H groups in total. The van der Waals surface area contributed by atoms with Gasteiger partial charge in [0, 0.05) is 6.42 Å². The fourth-order valence-corrected chi connectivity index (χ4v) is 2.51. The number of hydrogen-bond acceptors (Lipinski definition) is 6. The summed E-state index contributed by atoms with van der Waals surface area (Å²) >= 11 is 0. The first-order chi connectivity index (χ1) is 15.8. The van der Waals surface area contributed by atoms with E-state index in [1.165, 1.54) is 0 Å². The average molecular weight is 483 g/mol. The Bertz CT molecular complexity index is 1230. The SMILES string of the molecule is N#Cc1ccc(C(F)(F)F)cc1/N=N/N(C(=O)CCC(=O)O)c1cc(C(F)(F)F)ccc1C#N. The number of aliphatic carboxylic acids is 1. The molecule has 8 nitrogen and oxygen atoms in total. The molecule has 0 radical (unpaired) electrons. The summed E-state index contributed by atoms with van der Waals surface area (Å²) < 4.78 is 78.5. The molecule has 176 valence electrons. The van der Waals surface area contributed by atoms with Crippen molar-refractivity contribution in [3.63, 3.8) is 0 Å². The smallest absolute Gasteiger partial charge is 0.416 e. The zero-order valence-electron chi connectivity index (χ0n) is 16.6. The van der Waals surface area contributed by atoms with Crippen LogP contribution < -0.4 is 5.01 Å². The number of carbonyl (C=O) groups is 2. The Kier molecular flexibility index (Phi) is 7.58. The summed E-state index contributed by atoms with van der Waals surface area (Å²) in [5, 5.41) is 34.1. The zero-order chi connectivity index (χ0) is 25.7. The van der Waals surface area contributed by atoms with E-state index < -0.39 is 70.7 Å².